The van der Waals surface area contributed by atoms with Crippen LogP contribution in [0, 0.1) is 5.92 Å². The summed E-state index contributed by atoms with van der Waals surface area (Å²) in [6, 6.07) is 8.08. The van der Waals surface area contributed by atoms with E-state index in [1.807, 2.05) is 12.1 Å². The molecule has 0 aromatic heterocycles. The van der Waals surface area contributed by atoms with Gasteiger partial charge >= 0.3 is 11.9 Å². The molecule has 2 saturated carbocycles. The van der Waals surface area contributed by atoms with Gasteiger partial charge in [0, 0.05) is 6.08 Å². The van der Waals surface area contributed by atoms with Gasteiger partial charge in [-0.2, -0.15) is 0 Å². The quantitative estimate of drug-likeness (QED) is 0.308. The summed E-state index contributed by atoms with van der Waals surface area (Å²) in [5.74, 6) is 0.788. The molecule has 0 radical (unpaired) electrons. The van der Waals surface area contributed by atoms with Crippen LogP contribution in [-0.2, 0) is 14.3 Å². The zero-order valence-electron chi connectivity index (χ0n) is 17.4. The maximum atomic E-state index is 12.4. The van der Waals surface area contributed by atoms with E-state index in [1.165, 1.54) is 56.6 Å². The largest absolute Gasteiger partial charge is 0.463 e. The highest BCUT2D eigenvalue weighted by Crippen LogP contribution is 2.37. The minimum absolute atomic E-state index is 0.103. The highest BCUT2D eigenvalue weighted by Gasteiger charge is 2.23. The predicted molar refractivity (Wildman–Crippen MR) is 114 cm³/mol. The lowest BCUT2D eigenvalue weighted by atomic mass is 9.77. The standard InChI is InChI=1S/C25H34O4/c1-2-24(26)28-18-6-7-19-10-12-20(13-11-19)21-14-16-22(17-15-21)25(27)29-23-8-4-3-5-9-23/h2,14-17,19-20,23H,1,3-13,18H2. The molecule has 1 aromatic rings. The smallest absolute Gasteiger partial charge is 0.338 e. The lowest BCUT2D eigenvalue weighted by Gasteiger charge is -2.29. The highest BCUT2D eigenvalue weighted by molar-refractivity contribution is 5.89. The average Bonchev–Trinajstić information content (AvgIpc) is 2.77. The summed E-state index contributed by atoms with van der Waals surface area (Å²) in [6.07, 6.45) is 13.7. The summed E-state index contributed by atoms with van der Waals surface area (Å²) in [7, 11) is 0. The molecule has 3 rings (SSSR count). The summed E-state index contributed by atoms with van der Waals surface area (Å²) in [5, 5.41) is 0. The van der Waals surface area contributed by atoms with Crippen molar-refractivity contribution in [3.8, 4) is 0 Å². The number of ether oxygens (including phenoxy) is 2. The monoisotopic (exact) mass is 398 g/mol. The molecule has 4 heteroatoms. The topological polar surface area (TPSA) is 52.6 Å². The third-order valence-corrected chi connectivity index (χ3v) is 6.46. The number of benzene rings is 1. The van der Waals surface area contributed by atoms with Gasteiger partial charge in [-0.1, -0.05) is 25.1 Å². The lowest BCUT2D eigenvalue weighted by molar-refractivity contribution is -0.137. The van der Waals surface area contributed by atoms with E-state index >= 15 is 0 Å². The van der Waals surface area contributed by atoms with Gasteiger partial charge < -0.3 is 9.47 Å². The summed E-state index contributed by atoms with van der Waals surface area (Å²) in [4.78, 5) is 23.4. The fourth-order valence-corrected chi connectivity index (χ4v) is 4.68. The molecule has 0 N–H and O–H groups in total. The van der Waals surface area contributed by atoms with Gasteiger partial charge in [0.05, 0.1) is 12.2 Å². The van der Waals surface area contributed by atoms with Crippen molar-refractivity contribution in [3.05, 3.63) is 48.0 Å². The molecular formula is C25H34O4. The molecule has 0 saturated heterocycles. The zero-order chi connectivity index (χ0) is 20.5. The second-order valence-corrected chi connectivity index (χ2v) is 8.52. The number of rotatable bonds is 8. The van der Waals surface area contributed by atoms with E-state index in [-0.39, 0.29) is 18.0 Å². The Morgan fingerprint density at radius 1 is 0.966 bits per heavy atom. The minimum Gasteiger partial charge on any atom is -0.463 e. The van der Waals surface area contributed by atoms with Crippen LogP contribution in [-0.4, -0.2) is 24.6 Å². The minimum atomic E-state index is -0.334. The Bertz CT molecular complexity index is 665. The Kier molecular flexibility index (Phi) is 8.33. The lowest BCUT2D eigenvalue weighted by Crippen LogP contribution is -2.21. The van der Waals surface area contributed by atoms with Gasteiger partial charge in [-0.15, -0.1) is 0 Å². The summed E-state index contributed by atoms with van der Waals surface area (Å²) >= 11 is 0. The van der Waals surface area contributed by atoms with Crippen LogP contribution < -0.4 is 0 Å². The van der Waals surface area contributed by atoms with Gasteiger partial charge in [-0.05, 0) is 93.7 Å². The Morgan fingerprint density at radius 2 is 1.66 bits per heavy atom. The predicted octanol–water partition coefficient (Wildman–Crippen LogP) is 5.96. The summed E-state index contributed by atoms with van der Waals surface area (Å²) in [5.41, 5.74) is 2.00. The van der Waals surface area contributed by atoms with Crippen molar-refractivity contribution >= 4 is 11.9 Å². The van der Waals surface area contributed by atoms with Gasteiger partial charge in [0.1, 0.15) is 6.10 Å². The number of carbonyl (C=O) groups is 2. The van der Waals surface area contributed by atoms with E-state index in [4.69, 9.17) is 9.47 Å². The first-order valence-corrected chi connectivity index (χ1v) is 11.3. The molecule has 0 spiro atoms. The second kappa shape index (κ2) is 11.2. The Hall–Kier alpha value is -2.10. The van der Waals surface area contributed by atoms with Crippen molar-refractivity contribution in [2.75, 3.05) is 6.61 Å². The van der Waals surface area contributed by atoms with Gasteiger partial charge in [0.15, 0.2) is 0 Å². The molecule has 4 nitrogen and oxygen atoms in total. The van der Waals surface area contributed by atoms with Gasteiger partial charge in [0.2, 0.25) is 0 Å². The summed E-state index contributed by atoms with van der Waals surface area (Å²) < 4.78 is 10.7. The average molecular weight is 399 g/mol. The molecular weight excluding hydrogens is 364 g/mol. The van der Waals surface area contributed by atoms with Crippen molar-refractivity contribution in [1.29, 1.82) is 0 Å². The van der Waals surface area contributed by atoms with E-state index in [0.717, 1.165) is 31.6 Å². The molecule has 0 amide bonds. The third kappa shape index (κ3) is 6.73. The number of esters is 2. The van der Waals surface area contributed by atoms with Crippen LogP contribution in [0.15, 0.2) is 36.9 Å². The van der Waals surface area contributed by atoms with E-state index in [9.17, 15) is 9.59 Å². The van der Waals surface area contributed by atoms with Crippen LogP contribution in [0.1, 0.15) is 92.5 Å². The van der Waals surface area contributed by atoms with E-state index in [1.54, 1.807) is 0 Å². The molecule has 158 valence electrons. The van der Waals surface area contributed by atoms with Crippen LogP contribution in [0.25, 0.3) is 0 Å². The van der Waals surface area contributed by atoms with Crippen molar-refractivity contribution in [3.63, 3.8) is 0 Å². The van der Waals surface area contributed by atoms with Crippen molar-refractivity contribution < 1.29 is 19.1 Å². The molecule has 0 heterocycles. The number of carbonyl (C=O) groups excluding carboxylic acids is 2. The molecule has 1 aromatic carbocycles. The highest BCUT2D eigenvalue weighted by atomic mass is 16.5. The molecule has 0 bridgehead atoms. The fourth-order valence-electron chi connectivity index (χ4n) is 4.68. The maximum absolute atomic E-state index is 12.4. The number of hydrogen-bond donors (Lipinski definition) is 0. The van der Waals surface area contributed by atoms with Gasteiger partial charge in [-0.3, -0.25) is 0 Å². The van der Waals surface area contributed by atoms with Crippen LogP contribution in [0.5, 0.6) is 0 Å². The molecule has 0 atom stereocenters. The van der Waals surface area contributed by atoms with Crippen LogP contribution >= 0.6 is 0 Å². The third-order valence-electron chi connectivity index (χ3n) is 6.46. The van der Waals surface area contributed by atoms with Crippen LogP contribution in [0.2, 0.25) is 0 Å². The van der Waals surface area contributed by atoms with Crippen molar-refractivity contribution in [2.24, 2.45) is 5.92 Å². The van der Waals surface area contributed by atoms with Gasteiger partial charge in [0.25, 0.3) is 0 Å². The normalized spacial score (nSPS) is 22.6. The first kappa shape index (κ1) is 21.6. The fraction of sp³-hybridized carbons (Fsp3) is 0.600. The molecule has 0 aliphatic heterocycles. The first-order chi connectivity index (χ1) is 14.2. The molecule has 29 heavy (non-hydrogen) atoms. The molecule has 0 unspecified atom stereocenters. The second-order valence-electron chi connectivity index (χ2n) is 8.52. The SMILES string of the molecule is C=CC(=O)OCCCC1CCC(c2ccc(C(=O)OC3CCCCC3)cc2)CC1. The Labute approximate surface area is 174 Å². The first-order valence-electron chi connectivity index (χ1n) is 11.3. The van der Waals surface area contributed by atoms with E-state index < -0.39 is 0 Å². The molecule has 2 fully saturated rings. The van der Waals surface area contributed by atoms with Crippen molar-refractivity contribution in [1.82, 2.24) is 0 Å². The molecule has 2 aliphatic rings. The maximum Gasteiger partial charge on any atom is 0.338 e. The van der Waals surface area contributed by atoms with Gasteiger partial charge in [-0.25, -0.2) is 9.59 Å². The van der Waals surface area contributed by atoms with Crippen LogP contribution in [0.3, 0.4) is 0 Å². The summed E-state index contributed by atoms with van der Waals surface area (Å²) in [6.45, 7) is 3.90. The van der Waals surface area contributed by atoms with E-state index in [0.29, 0.717) is 18.1 Å². The van der Waals surface area contributed by atoms with Crippen LogP contribution in [0.4, 0.5) is 0 Å². The van der Waals surface area contributed by atoms with Crippen molar-refractivity contribution in [2.45, 2.75) is 82.7 Å². The van der Waals surface area contributed by atoms with E-state index in [2.05, 4.69) is 18.7 Å². The number of hydrogen-bond acceptors (Lipinski definition) is 4. The Balaban J connectivity index is 1.40. The Morgan fingerprint density at radius 3 is 2.31 bits per heavy atom. The molecule has 2 aliphatic carbocycles. The zero-order valence-corrected chi connectivity index (χ0v) is 17.4.